The van der Waals surface area contributed by atoms with Crippen molar-refractivity contribution in [2.24, 2.45) is 5.41 Å². The monoisotopic (exact) mass is 330 g/mol. The van der Waals surface area contributed by atoms with E-state index in [1.165, 1.54) is 6.08 Å². The molecule has 0 aromatic heterocycles. The van der Waals surface area contributed by atoms with Crippen molar-refractivity contribution in [1.82, 2.24) is 0 Å². The van der Waals surface area contributed by atoms with Gasteiger partial charge >= 0.3 is 0 Å². The lowest BCUT2D eigenvalue weighted by Gasteiger charge is -2.30. The van der Waals surface area contributed by atoms with Crippen molar-refractivity contribution in [3.8, 4) is 11.5 Å². The van der Waals surface area contributed by atoms with Crippen molar-refractivity contribution in [1.29, 1.82) is 0 Å². The fourth-order valence-electron chi connectivity index (χ4n) is 2.67. The number of methoxy groups -OCH3 is 2. The summed E-state index contributed by atoms with van der Waals surface area (Å²) in [4.78, 5) is 0. The Labute approximate surface area is 150 Å². The van der Waals surface area contributed by atoms with Crippen molar-refractivity contribution in [3.63, 3.8) is 0 Å². The second-order valence-corrected chi connectivity index (χ2v) is 5.65. The van der Waals surface area contributed by atoms with Crippen molar-refractivity contribution in [3.05, 3.63) is 72.3 Å². The van der Waals surface area contributed by atoms with Gasteiger partial charge in [-0.2, -0.15) is 0 Å². The van der Waals surface area contributed by atoms with Crippen LogP contribution in [0.2, 0.25) is 0 Å². The quantitative estimate of drug-likeness (QED) is 0.705. The van der Waals surface area contributed by atoms with Gasteiger partial charge in [-0.15, -0.1) is 6.58 Å². The SMILES string of the molecule is [2H]C([2H])(O)C([2H])([2H])C(C=C)(Cc1ccc(OC)cc1)Cc1ccc(OC)cc1. The van der Waals surface area contributed by atoms with Crippen molar-refractivity contribution in [2.45, 2.75) is 19.2 Å². The molecule has 2 aromatic rings. The Morgan fingerprint density at radius 3 is 1.67 bits per heavy atom. The maximum absolute atomic E-state index is 10.0. The second-order valence-electron chi connectivity index (χ2n) is 5.65. The van der Waals surface area contributed by atoms with Gasteiger partial charge in [0.1, 0.15) is 11.5 Å². The fraction of sp³-hybridized carbons (Fsp3) is 0.333. The average molecular weight is 330 g/mol. The number of ether oxygens (including phenoxy) is 2. The van der Waals surface area contributed by atoms with Gasteiger partial charge < -0.3 is 14.6 Å². The molecule has 0 saturated carbocycles. The zero-order chi connectivity index (χ0) is 21.0. The van der Waals surface area contributed by atoms with Crippen molar-refractivity contribution >= 4 is 0 Å². The standard InChI is InChI=1S/C21H26O3/c1-4-21(13-14-22,15-17-5-9-19(23-2)10-6-17)16-18-7-11-20(24-3)12-8-18/h4-12,22H,1,13-16H2,2-3H3/i13D2,14D2. The molecule has 3 nitrogen and oxygen atoms in total. The summed E-state index contributed by atoms with van der Waals surface area (Å²) in [6, 6.07) is 14.3. The lowest BCUT2D eigenvalue weighted by Crippen LogP contribution is -2.25. The Morgan fingerprint density at radius 2 is 1.38 bits per heavy atom. The Bertz CT molecular complexity index is 731. The highest BCUT2D eigenvalue weighted by Gasteiger charge is 2.27. The van der Waals surface area contributed by atoms with Crippen LogP contribution in [0.4, 0.5) is 0 Å². The van der Waals surface area contributed by atoms with E-state index in [0.717, 1.165) is 11.1 Å². The van der Waals surface area contributed by atoms with Crippen LogP contribution < -0.4 is 9.47 Å². The van der Waals surface area contributed by atoms with Crippen molar-refractivity contribution in [2.75, 3.05) is 20.8 Å². The number of rotatable bonds is 9. The molecule has 0 aliphatic heterocycles. The first kappa shape index (κ1) is 13.1. The summed E-state index contributed by atoms with van der Waals surface area (Å²) in [6.07, 6.45) is -0.879. The first-order valence-corrected chi connectivity index (χ1v) is 7.70. The van der Waals surface area contributed by atoms with Crippen LogP contribution >= 0.6 is 0 Å². The van der Waals surface area contributed by atoms with Crippen molar-refractivity contribution < 1.29 is 20.1 Å². The molecule has 128 valence electrons. The minimum Gasteiger partial charge on any atom is -0.497 e. The van der Waals surface area contributed by atoms with Crippen LogP contribution in [0, 0.1) is 5.41 Å². The minimum atomic E-state index is -3.06. The third-order valence-electron chi connectivity index (χ3n) is 4.05. The van der Waals surface area contributed by atoms with E-state index in [4.69, 9.17) is 15.0 Å². The predicted molar refractivity (Wildman–Crippen MR) is 97.7 cm³/mol. The van der Waals surface area contributed by atoms with Gasteiger partial charge in [0.2, 0.25) is 0 Å². The Kier molecular flexibility index (Phi) is 4.66. The first-order chi connectivity index (χ1) is 13.1. The maximum atomic E-state index is 10.0. The lowest BCUT2D eigenvalue weighted by atomic mass is 9.74. The van der Waals surface area contributed by atoms with E-state index in [9.17, 15) is 5.11 Å². The normalized spacial score (nSPS) is 14.8. The summed E-state index contributed by atoms with van der Waals surface area (Å²) in [5.41, 5.74) is 0.165. The molecule has 0 spiro atoms. The van der Waals surface area contributed by atoms with E-state index in [1.807, 2.05) is 0 Å². The van der Waals surface area contributed by atoms with Crippen LogP contribution in [0.1, 0.15) is 23.0 Å². The first-order valence-electron chi connectivity index (χ1n) is 9.70. The molecule has 0 saturated heterocycles. The molecule has 1 N–H and O–H groups in total. The van der Waals surface area contributed by atoms with Crippen LogP contribution in [0.25, 0.3) is 0 Å². The van der Waals surface area contributed by atoms with Gasteiger partial charge in [0.25, 0.3) is 0 Å². The summed E-state index contributed by atoms with van der Waals surface area (Å²) in [5, 5.41) is 10.0. The van der Waals surface area contributed by atoms with E-state index < -0.39 is 18.3 Å². The number of aliphatic hydroxyl groups is 1. The lowest BCUT2D eigenvalue weighted by molar-refractivity contribution is 0.217. The van der Waals surface area contributed by atoms with Gasteiger partial charge in [-0.1, -0.05) is 30.3 Å². The summed E-state index contributed by atoms with van der Waals surface area (Å²) in [7, 11) is 3.12. The number of allylic oxidation sites excluding steroid dienone is 1. The Hall–Kier alpha value is -2.26. The van der Waals surface area contributed by atoms with Crippen LogP contribution in [-0.2, 0) is 12.8 Å². The summed E-state index contributed by atoms with van der Waals surface area (Å²) in [6.45, 7) is 0.750. The minimum absolute atomic E-state index is 0.152. The molecule has 24 heavy (non-hydrogen) atoms. The molecule has 0 bridgehead atoms. The molecule has 0 atom stereocenters. The van der Waals surface area contributed by atoms with Gasteiger partial charge in [-0.05, 0) is 60.0 Å². The van der Waals surface area contributed by atoms with E-state index in [0.29, 0.717) is 11.5 Å². The van der Waals surface area contributed by atoms with Crippen LogP contribution in [0.3, 0.4) is 0 Å². The van der Waals surface area contributed by atoms with Gasteiger partial charge in [0, 0.05) is 9.30 Å². The van der Waals surface area contributed by atoms with E-state index in [2.05, 4.69) is 6.58 Å². The highest BCUT2D eigenvalue weighted by atomic mass is 16.5. The Morgan fingerprint density at radius 1 is 0.958 bits per heavy atom. The largest absolute Gasteiger partial charge is 0.497 e. The highest BCUT2D eigenvalue weighted by Crippen LogP contribution is 2.33. The van der Waals surface area contributed by atoms with E-state index in [1.54, 1.807) is 62.8 Å². The smallest absolute Gasteiger partial charge is 0.118 e. The zero-order valence-electron chi connectivity index (χ0n) is 18.1. The summed E-state index contributed by atoms with van der Waals surface area (Å²) in [5.74, 6) is 1.34. The molecule has 0 aliphatic rings. The molecule has 0 fully saturated rings. The van der Waals surface area contributed by atoms with E-state index >= 15 is 0 Å². The molecule has 0 aliphatic carbocycles. The molecule has 0 heterocycles. The van der Waals surface area contributed by atoms with Crippen LogP contribution in [-0.4, -0.2) is 25.9 Å². The van der Waals surface area contributed by atoms with Gasteiger partial charge in [-0.25, -0.2) is 0 Å². The van der Waals surface area contributed by atoms with E-state index in [-0.39, 0.29) is 12.8 Å². The number of hydrogen-bond donors (Lipinski definition) is 1. The molecule has 0 amide bonds. The molecular weight excluding hydrogens is 300 g/mol. The zero-order valence-corrected chi connectivity index (χ0v) is 14.1. The highest BCUT2D eigenvalue weighted by molar-refractivity contribution is 5.31. The third kappa shape index (κ3) is 4.62. The second kappa shape index (κ2) is 8.55. The van der Waals surface area contributed by atoms with Gasteiger partial charge in [0.15, 0.2) is 0 Å². The topological polar surface area (TPSA) is 38.7 Å². The number of hydrogen-bond acceptors (Lipinski definition) is 3. The fourth-order valence-corrected chi connectivity index (χ4v) is 2.67. The molecule has 2 aromatic carbocycles. The number of benzene rings is 2. The average Bonchev–Trinajstić information content (AvgIpc) is 2.67. The summed E-state index contributed by atoms with van der Waals surface area (Å²) < 4.78 is 42.7. The Balaban J connectivity index is 2.49. The molecule has 0 unspecified atom stereocenters. The van der Waals surface area contributed by atoms with Gasteiger partial charge in [0.05, 0.1) is 17.0 Å². The summed E-state index contributed by atoms with van der Waals surface area (Å²) >= 11 is 0. The molecule has 2 rings (SSSR count). The maximum Gasteiger partial charge on any atom is 0.118 e. The molecular formula is C21H26O3. The van der Waals surface area contributed by atoms with Crippen LogP contribution in [0.5, 0.6) is 11.5 Å². The molecule has 3 heteroatoms. The van der Waals surface area contributed by atoms with Gasteiger partial charge in [-0.3, -0.25) is 0 Å². The van der Waals surface area contributed by atoms with Crippen LogP contribution in [0.15, 0.2) is 61.2 Å². The third-order valence-corrected chi connectivity index (χ3v) is 4.05. The predicted octanol–water partition coefficient (Wildman–Crippen LogP) is 4.04. The molecule has 0 radical (unpaired) electrons.